The number of nitrogens with one attached hydrogen (secondary N) is 1. The Hall–Kier alpha value is -5.33. The number of esters is 2. The van der Waals surface area contributed by atoms with Crippen LogP contribution in [0, 0.1) is 5.92 Å². The van der Waals surface area contributed by atoms with Crippen LogP contribution in [0.4, 0.5) is 4.79 Å². The van der Waals surface area contributed by atoms with Gasteiger partial charge in [0.2, 0.25) is 0 Å². The summed E-state index contributed by atoms with van der Waals surface area (Å²) in [5, 5.41) is 2.64. The predicted molar refractivity (Wildman–Crippen MR) is 218 cm³/mol. The number of allylic oxidation sites excluding steroid dienone is 2. The van der Waals surface area contributed by atoms with Crippen LogP contribution in [0.25, 0.3) is 12.2 Å². The monoisotopic (exact) mass is 795 g/mol. The molecule has 1 atom stereocenters. The van der Waals surface area contributed by atoms with E-state index in [1.54, 1.807) is 90.1 Å². The number of ketones is 2. The number of amides is 1. The zero-order valence-corrected chi connectivity index (χ0v) is 35.4. The Balaban J connectivity index is 2.04. The molecular formula is C44H61NO12. The van der Waals surface area contributed by atoms with E-state index in [-0.39, 0.29) is 56.9 Å². The molecule has 1 unspecified atom stereocenters. The summed E-state index contributed by atoms with van der Waals surface area (Å²) in [6.45, 7) is 18.4. The maximum atomic E-state index is 13.0. The molecule has 0 radical (unpaired) electrons. The summed E-state index contributed by atoms with van der Waals surface area (Å²) in [5.74, 6) is -0.652. The van der Waals surface area contributed by atoms with Gasteiger partial charge in [-0.15, -0.1) is 0 Å². The van der Waals surface area contributed by atoms with Crippen LogP contribution in [0.15, 0.2) is 48.6 Å². The fraction of sp³-hybridized carbons (Fsp3) is 0.523. The second-order valence-corrected chi connectivity index (χ2v) is 16.2. The van der Waals surface area contributed by atoms with Crippen molar-refractivity contribution in [3.05, 3.63) is 59.7 Å². The first kappa shape index (κ1) is 47.8. The standard InChI is InChI=1S/C44H61NO12/c1-30(33(46)20-16-31-18-22-35(37(28-31)51-11)52-25-12-14-39(48)55-42(2,3)4)34(47)21-17-32-19-23-36(53-26-13-15-40(49)56-43(5,6)7)38(29-32)54-27-24-45-41(50)57-44(8,9)10/h16-23,28-30H,12-15,24-27H2,1-11H3,(H,45,50)/b20-16+,21-17+. The van der Waals surface area contributed by atoms with E-state index in [2.05, 4.69) is 5.32 Å². The van der Waals surface area contributed by atoms with Gasteiger partial charge in [-0.1, -0.05) is 24.3 Å². The SMILES string of the molecule is COc1cc(/C=C/C(=O)C(C)C(=O)/C=C/c2ccc(OCCCC(=O)OC(C)(C)C)c(OCCNC(=O)OC(C)(C)C)c2)ccc1OCCCC(=O)OC(C)(C)C. The lowest BCUT2D eigenvalue weighted by atomic mass is 9.99. The van der Waals surface area contributed by atoms with E-state index < -0.39 is 34.6 Å². The highest BCUT2D eigenvalue weighted by atomic mass is 16.6. The van der Waals surface area contributed by atoms with E-state index in [4.69, 9.17) is 33.2 Å². The quantitative estimate of drug-likeness (QED) is 0.0426. The van der Waals surface area contributed by atoms with Crippen molar-refractivity contribution in [2.75, 3.05) is 33.5 Å². The summed E-state index contributed by atoms with van der Waals surface area (Å²) in [6.07, 6.45) is 6.56. The summed E-state index contributed by atoms with van der Waals surface area (Å²) < 4.78 is 39.0. The van der Waals surface area contributed by atoms with E-state index >= 15 is 0 Å². The number of rotatable bonds is 21. The molecule has 0 aromatic heterocycles. The van der Waals surface area contributed by atoms with Gasteiger partial charge < -0.3 is 38.5 Å². The smallest absolute Gasteiger partial charge is 0.407 e. The molecule has 0 fully saturated rings. The summed E-state index contributed by atoms with van der Waals surface area (Å²) >= 11 is 0. The number of carbonyl (C=O) groups is 5. The Morgan fingerprint density at radius 3 is 1.46 bits per heavy atom. The molecule has 0 saturated carbocycles. The van der Waals surface area contributed by atoms with Gasteiger partial charge in [-0.25, -0.2) is 4.79 Å². The van der Waals surface area contributed by atoms with Crippen molar-refractivity contribution >= 4 is 41.8 Å². The second-order valence-electron chi connectivity index (χ2n) is 16.2. The number of hydrogen-bond acceptors (Lipinski definition) is 12. The average molecular weight is 796 g/mol. The van der Waals surface area contributed by atoms with Gasteiger partial charge in [0.05, 0.1) is 32.8 Å². The Labute approximate surface area is 337 Å². The number of carbonyl (C=O) groups excluding carboxylic acids is 5. The van der Waals surface area contributed by atoms with Gasteiger partial charge in [-0.2, -0.15) is 0 Å². The van der Waals surface area contributed by atoms with Gasteiger partial charge in [0.15, 0.2) is 34.6 Å². The van der Waals surface area contributed by atoms with Crippen LogP contribution in [-0.4, -0.2) is 79.9 Å². The largest absolute Gasteiger partial charge is 0.493 e. The summed E-state index contributed by atoms with van der Waals surface area (Å²) in [4.78, 5) is 62.1. The maximum absolute atomic E-state index is 13.0. The molecule has 2 rings (SSSR count). The molecule has 0 heterocycles. The third-order valence-electron chi connectivity index (χ3n) is 7.32. The normalized spacial score (nSPS) is 12.5. The van der Waals surface area contributed by atoms with Crippen LogP contribution < -0.4 is 24.3 Å². The molecule has 2 aromatic rings. The Kier molecular flexibility index (Phi) is 18.8. The van der Waals surface area contributed by atoms with Gasteiger partial charge in [0, 0.05) is 12.8 Å². The molecule has 2 aromatic carbocycles. The highest BCUT2D eigenvalue weighted by Gasteiger charge is 2.20. The van der Waals surface area contributed by atoms with E-state index in [0.29, 0.717) is 47.0 Å². The molecule has 13 nitrogen and oxygen atoms in total. The van der Waals surface area contributed by atoms with E-state index in [1.807, 2.05) is 20.8 Å². The van der Waals surface area contributed by atoms with Crippen molar-refractivity contribution in [1.82, 2.24) is 5.32 Å². The second kappa shape index (κ2) is 22.4. The minimum atomic E-state index is -0.950. The zero-order valence-electron chi connectivity index (χ0n) is 35.4. The molecule has 314 valence electrons. The average Bonchev–Trinajstić information content (AvgIpc) is 3.09. The lowest BCUT2D eigenvalue weighted by Gasteiger charge is -2.20. The number of benzene rings is 2. The van der Waals surface area contributed by atoms with Crippen molar-refractivity contribution in [2.24, 2.45) is 5.92 Å². The van der Waals surface area contributed by atoms with Gasteiger partial charge in [-0.3, -0.25) is 19.2 Å². The molecule has 57 heavy (non-hydrogen) atoms. The maximum Gasteiger partial charge on any atom is 0.407 e. The van der Waals surface area contributed by atoms with Crippen LogP contribution in [0.3, 0.4) is 0 Å². The molecule has 1 N–H and O–H groups in total. The van der Waals surface area contributed by atoms with Gasteiger partial charge >= 0.3 is 18.0 Å². The lowest BCUT2D eigenvalue weighted by Crippen LogP contribution is -2.34. The van der Waals surface area contributed by atoms with Crippen LogP contribution in [0.1, 0.15) is 106 Å². The molecule has 0 aliphatic heterocycles. The van der Waals surface area contributed by atoms with Crippen molar-refractivity contribution in [1.29, 1.82) is 0 Å². The Morgan fingerprint density at radius 1 is 0.596 bits per heavy atom. The number of alkyl carbamates (subject to hydrolysis) is 1. The van der Waals surface area contributed by atoms with Gasteiger partial charge in [0.1, 0.15) is 23.4 Å². The summed E-state index contributed by atoms with van der Waals surface area (Å²) in [6, 6.07) is 10.3. The zero-order chi connectivity index (χ0) is 42.8. The fourth-order valence-corrected chi connectivity index (χ4v) is 4.76. The van der Waals surface area contributed by atoms with Crippen LogP contribution in [0.2, 0.25) is 0 Å². The first-order valence-corrected chi connectivity index (χ1v) is 19.1. The minimum absolute atomic E-state index is 0.0922. The molecule has 0 saturated heterocycles. The minimum Gasteiger partial charge on any atom is -0.493 e. The molecule has 13 heteroatoms. The third kappa shape index (κ3) is 20.4. The Bertz CT molecular complexity index is 1720. The first-order chi connectivity index (χ1) is 26.5. The van der Waals surface area contributed by atoms with Crippen LogP contribution in [0.5, 0.6) is 23.0 Å². The van der Waals surface area contributed by atoms with E-state index in [1.165, 1.54) is 26.2 Å². The molecule has 0 aliphatic rings. The van der Waals surface area contributed by atoms with E-state index in [0.717, 1.165) is 0 Å². The number of ether oxygens (including phenoxy) is 7. The van der Waals surface area contributed by atoms with E-state index in [9.17, 15) is 24.0 Å². The topological polar surface area (TPSA) is 162 Å². The van der Waals surface area contributed by atoms with Gasteiger partial charge in [-0.05, 0) is 130 Å². The van der Waals surface area contributed by atoms with Crippen molar-refractivity contribution in [3.63, 3.8) is 0 Å². The molecule has 0 aliphatic carbocycles. The molecular weight excluding hydrogens is 734 g/mol. The summed E-state index contributed by atoms with van der Waals surface area (Å²) in [5.41, 5.74) is -0.498. The molecule has 1 amide bonds. The predicted octanol–water partition coefficient (Wildman–Crippen LogP) is 8.10. The number of methoxy groups -OCH3 is 1. The molecule has 0 spiro atoms. The lowest BCUT2D eigenvalue weighted by molar-refractivity contribution is -0.156. The fourth-order valence-electron chi connectivity index (χ4n) is 4.76. The highest BCUT2D eigenvalue weighted by Crippen LogP contribution is 2.30. The summed E-state index contributed by atoms with van der Waals surface area (Å²) in [7, 11) is 1.50. The number of hydrogen-bond donors (Lipinski definition) is 1. The van der Waals surface area contributed by atoms with Gasteiger partial charge in [0.25, 0.3) is 0 Å². The van der Waals surface area contributed by atoms with Crippen molar-refractivity contribution < 1.29 is 57.1 Å². The van der Waals surface area contributed by atoms with Crippen LogP contribution in [-0.2, 0) is 33.4 Å². The molecule has 0 bridgehead atoms. The Morgan fingerprint density at radius 2 is 1.02 bits per heavy atom. The third-order valence-corrected chi connectivity index (χ3v) is 7.32. The van der Waals surface area contributed by atoms with Crippen LogP contribution >= 0.6 is 0 Å². The van der Waals surface area contributed by atoms with Crippen molar-refractivity contribution in [2.45, 2.75) is 112 Å². The van der Waals surface area contributed by atoms with Crippen molar-refractivity contribution in [3.8, 4) is 23.0 Å². The first-order valence-electron chi connectivity index (χ1n) is 19.1. The highest BCUT2D eigenvalue weighted by molar-refractivity contribution is 6.13.